The van der Waals surface area contributed by atoms with E-state index in [2.05, 4.69) is 5.32 Å². The van der Waals surface area contributed by atoms with Crippen molar-refractivity contribution in [2.75, 3.05) is 4.90 Å². The van der Waals surface area contributed by atoms with Crippen molar-refractivity contribution < 1.29 is 14.0 Å². The summed E-state index contributed by atoms with van der Waals surface area (Å²) in [5, 5.41) is 2.97. The molecule has 3 aromatic carbocycles. The molecule has 3 aromatic rings. The zero-order valence-electron chi connectivity index (χ0n) is 17.4. The highest BCUT2D eigenvalue weighted by molar-refractivity contribution is 7.99. The first-order valence-electron chi connectivity index (χ1n) is 10.2. The van der Waals surface area contributed by atoms with E-state index < -0.39 is 0 Å². The van der Waals surface area contributed by atoms with Crippen LogP contribution in [0.5, 0.6) is 0 Å². The van der Waals surface area contributed by atoms with Crippen LogP contribution in [0, 0.1) is 5.82 Å². The molecule has 0 radical (unpaired) electrons. The molecular weight excluding hydrogens is 411 g/mol. The fourth-order valence-electron chi connectivity index (χ4n) is 3.45. The molecule has 4 nitrogen and oxygen atoms in total. The Morgan fingerprint density at radius 3 is 2.65 bits per heavy atom. The number of amides is 2. The van der Waals surface area contributed by atoms with Crippen LogP contribution < -0.4 is 10.2 Å². The van der Waals surface area contributed by atoms with Crippen molar-refractivity contribution in [1.29, 1.82) is 0 Å². The maximum atomic E-state index is 13.8. The van der Waals surface area contributed by atoms with E-state index in [0.717, 1.165) is 16.2 Å². The first-order valence-corrected chi connectivity index (χ1v) is 11.1. The number of carbonyl (C=O) groups is 2. The third-order valence-corrected chi connectivity index (χ3v) is 6.46. The Hall–Kier alpha value is -3.12. The maximum absolute atomic E-state index is 13.8. The van der Waals surface area contributed by atoms with E-state index in [-0.39, 0.29) is 30.2 Å². The second kappa shape index (κ2) is 8.94. The number of hydrogen-bond donors (Lipinski definition) is 1. The minimum atomic E-state index is -0.351. The lowest BCUT2D eigenvalue weighted by Gasteiger charge is -2.24. The molecule has 0 saturated heterocycles. The number of hydrogen-bond acceptors (Lipinski definition) is 3. The van der Waals surface area contributed by atoms with Gasteiger partial charge in [0.05, 0.1) is 17.8 Å². The minimum Gasteiger partial charge on any atom is -0.350 e. The van der Waals surface area contributed by atoms with Gasteiger partial charge < -0.3 is 10.2 Å². The van der Waals surface area contributed by atoms with E-state index in [4.69, 9.17) is 0 Å². The first-order chi connectivity index (χ1) is 15.0. The number of fused-ring (bicyclic) bond motifs is 2. The van der Waals surface area contributed by atoms with Gasteiger partial charge in [0.25, 0.3) is 11.8 Å². The van der Waals surface area contributed by atoms with E-state index in [1.54, 1.807) is 35.2 Å². The predicted molar refractivity (Wildman–Crippen MR) is 121 cm³/mol. The third-order valence-electron chi connectivity index (χ3n) is 5.31. The Balaban J connectivity index is 1.79. The molecule has 4 rings (SSSR count). The second-order valence-electron chi connectivity index (χ2n) is 7.58. The van der Waals surface area contributed by atoms with Crippen LogP contribution in [0.25, 0.3) is 0 Å². The number of anilines is 1. The van der Waals surface area contributed by atoms with Gasteiger partial charge in [-0.2, -0.15) is 0 Å². The normalized spacial score (nSPS) is 13.8. The van der Waals surface area contributed by atoms with Gasteiger partial charge in [0.15, 0.2) is 0 Å². The molecule has 1 atom stereocenters. The number of benzene rings is 3. The Labute approximate surface area is 185 Å². The average Bonchev–Trinajstić information content (AvgIpc) is 2.88. The third kappa shape index (κ3) is 4.49. The van der Waals surface area contributed by atoms with Gasteiger partial charge in [0.1, 0.15) is 5.82 Å². The fraction of sp³-hybridized carbons (Fsp3) is 0.200. The molecule has 1 aliphatic rings. The molecule has 1 N–H and O–H groups in total. The SMILES string of the molecule is CC[C@@H](C)NC(=O)c1ccc2c(c1)N(Cc1cccc(F)c1)C(=O)c1ccccc1S2. The summed E-state index contributed by atoms with van der Waals surface area (Å²) in [4.78, 5) is 29.6. The molecule has 0 aliphatic carbocycles. The van der Waals surface area contributed by atoms with E-state index in [9.17, 15) is 14.0 Å². The van der Waals surface area contributed by atoms with Crippen molar-refractivity contribution in [3.8, 4) is 0 Å². The minimum absolute atomic E-state index is 0.0509. The van der Waals surface area contributed by atoms with Gasteiger partial charge in [0, 0.05) is 21.4 Å². The lowest BCUT2D eigenvalue weighted by molar-refractivity contribution is 0.0936. The largest absolute Gasteiger partial charge is 0.350 e. The van der Waals surface area contributed by atoms with Crippen LogP contribution >= 0.6 is 11.8 Å². The number of rotatable bonds is 5. The van der Waals surface area contributed by atoms with Gasteiger partial charge in [-0.25, -0.2) is 4.39 Å². The van der Waals surface area contributed by atoms with Crippen LogP contribution in [0.1, 0.15) is 46.5 Å². The van der Waals surface area contributed by atoms with Gasteiger partial charge in [0.2, 0.25) is 0 Å². The van der Waals surface area contributed by atoms with Crippen LogP contribution in [0.4, 0.5) is 10.1 Å². The van der Waals surface area contributed by atoms with Crippen molar-refractivity contribution in [3.63, 3.8) is 0 Å². The van der Waals surface area contributed by atoms with Crippen molar-refractivity contribution in [3.05, 3.63) is 89.2 Å². The van der Waals surface area contributed by atoms with Crippen LogP contribution in [-0.2, 0) is 6.54 Å². The lowest BCUT2D eigenvalue weighted by atomic mass is 10.1. The van der Waals surface area contributed by atoms with Gasteiger partial charge in [-0.05, 0) is 61.4 Å². The molecular formula is C25H23FN2O2S. The Morgan fingerprint density at radius 1 is 1.06 bits per heavy atom. The lowest BCUT2D eigenvalue weighted by Crippen LogP contribution is -2.33. The van der Waals surface area contributed by atoms with Crippen LogP contribution in [-0.4, -0.2) is 17.9 Å². The van der Waals surface area contributed by atoms with Crippen molar-refractivity contribution in [1.82, 2.24) is 5.32 Å². The summed E-state index contributed by atoms with van der Waals surface area (Å²) in [6, 6.07) is 19.1. The topological polar surface area (TPSA) is 49.4 Å². The van der Waals surface area contributed by atoms with E-state index >= 15 is 0 Å². The molecule has 0 spiro atoms. The average molecular weight is 435 g/mol. The summed E-state index contributed by atoms with van der Waals surface area (Å²) < 4.78 is 13.8. The molecule has 6 heteroatoms. The highest BCUT2D eigenvalue weighted by atomic mass is 32.2. The number of nitrogens with one attached hydrogen (secondary N) is 1. The second-order valence-corrected chi connectivity index (χ2v) is 8.67. The molecule has 0 saturated carbocycles. The zero-order chi connectivity index (χ0) is 22.0. The summed E-state index contributed by atoms with van der Waals surface area (Å²) >= 11 is 1.50. The summed E-state index contributed by atoms with van der Waals surface area (Å²) in [5.74, 6) is -0.705. The summed E-state index contributed by atoms with van der Waals surface area (Å²) in [5.41, 5.74) is 2.40. The van der Waals surface area contributed by atoms with Gasteiger partial charge >= 0.3 is 0 Å². The number of nitrogens with zero attached hydrogens (tertiary/aromatic N) is 1. The van der Waals surface area contributed by atoms with Crippen LogP contribution in [0.2, 0.25) is 0 Å². The Bertz CT molecular complexity index is 1150. The van der Waals surface area contributed by atoms with Crippen LogP contribution in [0.3, 0.4) is 0 Å². The van der Waals surface area contributed by atoms with E-state index in [1.165, 1.54) is 23.9 Å². The summed E-state index contributed by atoms with van der Waals surface area (Å²) in [6.07, 6.45) is 0.825. The molecule has 1 aliphatic heterocycles. The van der Waals surface area contributed by atoms with Crippen molar-refractivity contribution >= 4 is 29.3 Å². The molecule has 0 fully saturated rings. The van der Waals surface area contributed by atoms with Crippen molar-refractivity contribution in [2.45, 2.75) is 42.6 Å². The molecule has 31 heavy (non-hydrogen) atoms. The van der Waals surface area contributed by atoms with E-state index in [1.807, 2.05) is 38.1 Å². The zero-order valence-corrected chi connectivity index (χ0v) is 18.2. The van der Waals surface area contributed by atoms with Gasteiger partial charge in [-0.3, -0.25) is 9.59 Å². The summed E-state index contributed by atoms with van der Waals surface area (Å²) in [6.45, 7) is 4.16. The number of halogens is 1. The standard InChI is InChI=1S/C25H23FN2O2S/c1-3-16(2)27-24(29)18-11-12-23-21(14-18)28(15-17-7-6-8-19(26)13-17)25(30)20-9-4-5-10-22(20)31-23/h4-14,16H,3,15H2,1-2H3,(H,27,29)/t16-/m1/s1. The maximum Gasteiger partial charge on any atom is 0.259 e. The first kappa shape index (κ1) is 21.1. The molecule has 2 amide bonds. The summed E-state index contributed by atoms with van der Waals surface area (Å²) in [7, 11) is 0. The van der Waals surface area contributed by atoms with Crippen molar-refractivity contribution in [2.24, 2.45) is 0 Å². The number of carbonyl (C=O) groups excluding carboxylic acids is 2. The van der Waals surface area contributed by atoms with E-state index in [0.29, 0.717) is 22.4 Å². The molecule has 1 heterocycles. The highest BCUT2D eigenvalue weighted by Gasteiger charge is 2.28. The molecule has 158 valence electrons. The quantitative estimate of drug-likeness (QED) is 0.563. The smallest absolute Gasteiger partial charge is 0.259 e. The molecule has 0 bridgehead atoms. The highest BCUT2D eigenvalue weighted by Crippen LogP contribution is 2.42. The van der Waals surface area contributed by atoms with Gasteiger partial charge in [-0.1, -0.05) is 43.0 Å². The fourth-order valence-corrected chi connectivity index (χ4v) is 4.50. The Kier molecular flexibility index (Phi) is 6.09. The monoisotopic (exact) mass is 434 g/mol. The Morgan fingerprint density at radius 2 is 1.87 bits per heavy atom. The molecule has 0 unspecified atom stereocenters. The molecule has 0 aromatic heterocycles. The van der Waals surface area contributed by atoms with Gasteiger partial charge in [-0.15, -0.1) is 0 Å². The predicted octanol–water partition coefficient (Wildman–Crippen LogP) is 5.67. The van der Waals surface area contributed by atoms with Crippen LogP contribution in [0.15, 0.2) is 76.5 Å².